The monoisotopic (exact) mass is 187 g/mol. The molecule has 3 N–H and O–H groups in total. The van der Waals surface area contributed by atoms with Crippen LogP contribution in [0.3, 0.4) is 0 Å². The van der Waals surface area contributed by atoms with E-state index in [9.17, 15) is 4.79 Å². The van der Waals surface area contributed by atoms with Crippen LogP contribution in [0.2, 0.25) is 0 Å². The second kappa shape index (κ2) is 6.86. The lowest BCUT2D eigenvalue weighted by Gasteiger charge is -2.17. The van der Waals surface area contributed by atoms with Crippen LogP contribution in [0.15, 0.2) is 0 Å². The number of likely N-dealkylation sites (N-methyl/N-ethyl adjacent to an activating group) is 1. The fourth-order valence-corrected chi connectivity index (χ4v) is 0.967. The van der Waals surface area contributed by atoms with Gasteiger partial charge in [-0.15, -0.1) is 0 Å². The van der Waals surface area contributed by atoms with Crippen molar-refractivity contribution in [2.45, 2.75) is 26.3 Å². The molecular formula is C9H21N3O. The largest absolute Gasteiger partial charge is 0.353 e. The third-order valence-electron chi connectivity index (χ3n) is 1.94. The molecule has 0 rings (SSSR count). The number of carbonyl (C=O) groups is 1. The second-order valence-corrected chi connectivity index (χ2v) is 3.40. The Kier molecular flexibility index (Phi) is 6.54. The molecule has 0 saturated heterocycles. The van der Waals surface area contributed by atoms with Gasteiger partial charge < -0.3 is 11.1 Å². The smallest absolute Gasteiger partial charge is 0.234 e. The molecule has 0 aliphatic carbocycles. The molecule has 0 aromatic rings. The first-order valence-corrected chi connectivity index (χ1v) is 4.78. The maximum Gasteiger partial charge on any atom is 0.234 e. The van der Waals surface area contributed by atoms with Crippen molar-refractivity contribution in [1.82, 2.24) is 10.2 Å². The molecule has 0 aromatic heterocycles. The number of hydrogen-bond acceptors (Lipinski definition) is 3. The molecule has 0 spiro atoms. The molecule has 13 heavy (non-hydrogen) atoms. The Labute approximate surface area is 80.5 Å². The molecule has 0 bridgehead atoms. The van der Waals surface area contributed by atoms with E-state index in [-0.39, 0.29) is 11.9 Å². The fraction of sp³-hybridized carbons (Fsp3) is 0.889. The fourth-order valence-electron chi connectivity index (χ4n) is 0.967. The van der Waals surface area contributed by atoms with Crippen molar-refractivity contribution in [2.24, 2.45) is 5.73 Å². The maximum absolute atomic E-state index is 11.3. The molecule has 4 nitrogen and oxygen atoms in total. The van der Waals surface area contributed by atoms with Gasteiger partial charge in [0.15, 0.2) is 0 Å². The molecule has 1 amide bonds. The van der Waals surface area contributed by atoms with Crippen molar-refractivity contribution < 1.29 is 4.79 Å². The van der Waals surface area contributed by atoms with Crippen molar-refractivity contribution >= 4 is 5.91 Å². The van der Waals surface area contributed by atoms with Crippen LogP contribution >= 0.6 is 0 Å². The van der Waals surface area contributed by atoms with Gasteiger partial charge in [-0.25, -0.2) is 0 Å². The summed E-state index contributed by atoms with van der Waals surface area (Å²) in [6, 6.07) is 0.263. The molecule has 0 heterocycles. The van der Waals surface area contributed by atoms with Crippen LogP contribution in [0.5, 0.6) is 0 Å². The van der Waals surface area contributed by atoms with Gasteiger partial charge in [-0.05, 0) is 20.4 Å². The third kappa shape index (κ3) is 6.54. The average Bonchev–Trinajstić information content (AvgIpc) is 2.04. The van der Waals surface area contributed by atoms with E-state index in [1.54, 1.807) is 0 Å². The standard InChI is InChI=1S/C9H21N3O/c1-4-8(2)11-9(13)7-12(3)6-5-10/h8H,4-7,10H2,1-3H3,(H,11,13). The minimum absolute atomic E-state index is 0.0744. The van der Waals surface area contributed by atoms with Crippen LogP contribution < -0.4 is 11.1 Å². The molecular weight excluding hydrogens is 166 g/mol. The minimum Gasteiger partial charge on any atom is -0.353 e. The summed E-state index contributed by atoms with van der Waals surface area (Å²) >= 11 is 0. The Hall–Kier alpha value is -0.610. The topological polar surface area (TPSA) is 58.4 Å². The maximum atomic E-state index is 11.3. The third-order valence-corrected chi connectivity index (χ3v) is 1.94. The molecule has 1 atom stereocenters. The quantitative estimate of drug-likeness (QED) is 0.605. The van der Waals surface area contributed by atoms with Gasteiger partial charge in [0.25, 0.3) is 0 Å². The summed E-state index contributed by atoms with van der Waals surface area (Å²) in [5.74, 6) is 0.0744. The van der Waals surface area contributed by atoms with Crippen LogP contribution in [0.25, 0.3) is 0 Å². The average molecular weight is 187 g/mol. The lowest BCUT2D eigenvalue weighted by molar-refractivity contribution is -0.122. The Balaban J connectivity index is 3.61. The molecule has 0 aliphatic heterocycles. The lowest BCUT2D eigenvalue weighted by Crippen LogP contribution is -2.40. The van der Waals surface area contributed by atoms with Crippen molar-refractivity contribution in [3.63, 3.8) is 0 Å². The van der Waals surface area contributed by atoms with E-state index in [4.69, 9.17) is 5.73 Å². The van der Waals surface area contributed by atoms with Gasteiger partial charge in [0.05, 0.1) is 6.54 Å². The van der Waals surface area contributed by atoms with E-state index in [0.29, 0.717) is 13.1 Å². The number of rotatable bonds is 6. The van der Waals surface area contributed by atoms with E-state index in [2.05, 4.69) is 12.2 Å². The Morgan fingerprint density at radius 2 is 2.23 bits per heavy atom. The van der Waals surface area contributed by atoms with Gasteiger partial charge in [0, 0.05) is 19.1 Å². The number of amides is 1. The number of carbonyl (C=O) groups excluding carboxylic acids is 1. The van der Waals surface area contributed by atoms with Gasteiger partial charge >= 0.3 is 0 Å². The van der Waals surface area contributed by atoms with Crippen LogP contribution in [-0.4, -0.2) is 43.5 Å². The molecule has 1 unspecified atom stereocenters. The molecule has 0 radical (unpaired) electrons. The predicted molar refractivity (Wildman–Crippen MR) is 54.4 cm³/mol. The molecule has 78 valence electrons. The van der Waals surface area contributed by atoms with E-state index >= 15 is 0 Å². The number of nitrogens with zero attached hydrogens (tertiary/aromatic N) is 1. The SMILES string of the molecule is CCC(C)NC(=O)CN(C)CCN. The zero-order valence-corrected chi connectivity index (χ0v) is 8.84. The first kappa shape index (κ1) is 12.4. The molecule has 0 saturated carbocycles. The van der Waals surface area contributed by atoms with Gasteiger partial charge in [0.2, 0.25) is 5.91 Å². The second-order valence-electron chi connectivity index (χ2n) is 3.40. The summed E-state index contributed by atoms with van der Waals surface area (Å²) in [6.45, 7) is 5.83. The highest BCUT2D eigenvalue weighted by molar-refractivity contribution is 5.78. The highest BCUT2D eigenvalue weighted by Crippen LogP contribution is 1.88. The Morgan fingerprint density at radius 1 is 1.62 bits per heavy atom. The normalized spacial score (nSPS) is 13.0. The van der Waals surface area contributed by atoms with Crippen molar-refractivity contribution in [2.75, 3.05) is 26.7 Å². The van der Waals surface area contributed by atoms with Crippen molar-refractivity contribution in [3.05, 3.63) is 0 Å². The highest BCUT2D eigenvalue weighted by Gasteiger charge is 2.07. The van der Waals surface area contributed by atoms with Crippen LogP contribution in [0.4, 0.5) is 0 Å². The number of nitrogens with two attached hydrogens (primary N) is 1. The van der Waals surface area contributed by atoms with E-state index in [1.165, 1.54) is 0 Å². The number of nitrogens with one attached hydrogen (secondary N) is 1. The summed E-state index contributed by atoms with van der Waals surface area (Å²) < 4.78 is 0. The van der Waals surface area contributed by atoms with E-state index in [0.717, 1.165) is 13.0 Å². The predicted octanol–water partition coefficient (Wildman–Crippen LogP) is -0.208. The minimum atomic E-state index is 0.0744. The molecule has 0 aliphatic rings. The van der Waals surface area contributed by atoms with Gasteiger partial charge in [-0.3, -0.25) is 9.69 Å². The van der Waals surface area contributed by atoms with Gasteiger partial charge in [-0.2, -0.15) is 0 Å². The lowest BCUT2D eigenvalue weighted by atomic mass is 10.2. The Bertz CT molecular complexity index is 150. The summed E-state index contributed by atoms with van der Waals surface area (Å²) in [5, 5.41) is 2.90. The van der Waals surface area contributed by atoms with E-state index in [1.807, 2.05) is 18.9 Å². The van der Waals surface area contributed by atoms with Gasteiger partial charge in [0.1, 0.15) is 0 Å². The summed E-state index contributed by atoms with van der Waals surface area (Å²) in [4.78, 5) is 13.2. The first-order chi connectivity index (χ1) is 6.10. The zero-order valence-electron chi connectivity index (χ0n) is 8.84. The van der Waals surface area contributed by atoms with Crippen LogP contribution in [0, 0.1) is 0 Å². The number of hydrogen-bond donors (Lipinski definition) is 2. The zero-order chi connectivity index (χ0) is 10.3. The summed E-state index contributed by atoms with van der Waals surface area (Å²) in [6.07, 6.45) is 0.965. The van der Waals surface area contributed by atoms with Crippen molar-refractivity contribution in [1.29, 1.82) is 0 Å². The summed E-state index contributed by atoms with van der Waals surface area (Å²) in [7, 11) is 1.89. The Morgan fingerprint density at radius 3 is 2.69 bits per heavy atom. The van der Waals surface area contributed by atoms with E-state index < -0.39 is 0 Å². The summed E-state index contributed by atoms with van der Waals surface area (Å²) in [5.41, 5.74) is 5.36. The van der Waals surface area contributed by atoms with Crippen LogP contribution in [0.1, 0.15) is 20.3 Å². The van der Waals surface area contributed by atoms with Crippen LogP contribution in [-0.2, 0) is 4.79 Å². The van der Waals surface area contributed by atoms with Crippen molar-refractivity contribution in [3.8, 4) is 0 Å². The first-order valence-electron chi connectivity index (χ1n) is 4.78. The molecule has 0 fully saturated rings. The van der Waals surface area contributed by atoms with Gasteiger partial charge in [-0.1, -0.05) is 6.92 Å². The molecule has 0 aromatic carbocycles. The highest BCUT2D eigenvalue weighted by atomic mass is 16.2. The molecule has 4 heteroatoms.